The molecule has 2 nitrogen and oxygen atoms in total. The van der Waals surface area contributed by atoms with Crippen LogP contribution in [0.25, 0.3) is 21.8 Å². The van der Waals surface area contributed by atoms with Crippen molar-refractivity contribution >= 4 is 21.8 Å². The molecule has 20 heavy (non-hydrogen) atoms. The van der Waals surface area contributed by atoms with Crippen molar-refractivity contribution in [2.45, 2.75) is 32.7 Å². The standard InChI is InChI=1S/C18H22N2/c1-3-6-12(2)18(19)13-9-10-17-15(11-13)14-7-4-5-8-16(14)20-17/h4-5,7-12,18,20H,3,6,19H2,1-2H3. The first kappa shape index (κ1) is 13.2. The molecule has 1 aromatic heterocycles. The maximum Gasteiger partial charge on any atom is 0.0465 e. The van der Waals surface area contributed by atoms with Gasteiger partial charge in [-0.15, -0.1) is 0 Å². The Kier molecular flexibility index (Phi) is 3.49. The molecule has 3 N–H and O–H groups in total. The van der Waals surface area contributed by atoms with E-state index >= 15 is 0 Å². The lowest BCUT2D eigenvalue weighted by molar-refractivity contribution is 0.434. The minimum Gasteiger partial charge on any atom is -0.355 e. The van der Waals surface area contributed by atoms with Crippen LogP contribution in [0.2, 0.25) is 0 Å². The summed E-state index contributed by atoms with van der Waals surface area (Å²) >= 11 is 0. The second-order valence-corrected chi connectivity index (χ2v) is 5.77. The Morgan fingerprint density at radius 3 is 2.60 bits per heavy atom. The maximum atomic E-state index is 6.42. The molecule has 2 atom stereocenters. The van der Waals surface area contributed by atoms with Crippen LogP contribution in [0.5, 0.6) is 0 Å². The average Bonchev–Trinajstić information content (AvgIpc) is 2.84. The number of hydrogen-bond acceptors (Lipinski definition) is 1. The van der Waals surface area contributed by atoms with E-state index in [1.165, 1.54) is 40.2 Å². The van der Waals surface area contributed by atoms with E-state index in [1.54, 1.807) is 0 Å². The van der Waals surface area contributed by atoms with E-state index in [-0.39, 0.29) is 6.04 Å². The summed E-state index contributed by atoms with van der Waals surface area (Å²) in [4.78, 5) is 3.46. The third kappa shape index (κ3) is 2.20. The molecule has 0 radical (unpaired) electrons. The van der Waals surface area contributed by atoms with Crippen molar-refractivity contribution in [3.05, 3.63) is 48.0 Å². The summed E-state index contributed by atoms with van der Waals surface area (Å²) in [6.45, 7) is 4.46. The smallest absolute Gasteiger partial charge is 0.0465 e. The van der Waals surface area contributed by atoms with Gasteiger partial charge in [0, 0.05) is 27.8 Å². The second kappa shape index (κ2) is 5.29. The Hall–Kier alpha value is -1.80. The van der Waals surface area contributed by atoms with E-state index in [0.29, 0.717) is 5.92 Å². The van der Waals surface area contributed by atoms with Gasteiger partial charge in [0.1, 0.15) is 0 Å². The van der Waals surface area contributed by atoms with Gasteiger partial charge in [-0.2, -0.15) is 0 Å². The number of hydrogen-bond donors (Lipinski definition) is 2. The van der Waals surface area contributed by atoms with Crippen molar-refractivity contribution in [1.82, 2.24) is 4.98 Å². The summed E-state index contributed by atoms with van der Waals surface area (Å²) in [5.41, 5.74) is 10.0. The van der Waals surface area contributed by atoms with E-state index in [0.717, 1.165) is 0 Å². The van der Waals surface area contributed by atoms with Gasteiger partial charge in [-0.1, -0.05) is 44.5 Å². The second-order valence-electron chi connectivity index (χ2n) is 5.77. The lowest BCUT2D eigenvalue weighted by Gasteiger charge is -2.19. The van der Waals surface area contributed by atoms with E-state index < -0.39 is 0 Å². The molecular formula is C18H22N2. The van der Waals surface area contributed by atoms with Gasteiger partial charge in [-0.05, 0) is 36.1 Å². The van der Waals surface area contributed by atoms with Crippen LogP contribution in [0.15, 0.2) is 42.5 Å². The van der Waals surface area contributed by atoms with Crippen LogP contribution in [-0.2, 0) is 0 Å². The molecule has 104 valence electrons. The third-order valence-corrected chi connectivity index (χ3v) is 4.27. The molecule has 0 saturated heterocycles. The molecule has 0 aliphatic heterocycles. The molecule has 0 fully saturated rings. The van der Waals surface area contributed by atoms with Gasteiger partial charge in [-0.25, -0.2) is 0 Å². The molecule has 0 aliphatic carbocycles. The molecular weight excluding hydrogens is 244 g/mol. The van der Waals surface area contributed by atoms with Gasteiger partial charge < -0.3 is 10.7 Å². The number of rotatable bonds is 4. The van der Waals surface area contributed by atoms with Crippen LogP contribution in [0.4, 0.5) is 0 Å². The molecule has 2 heteroatoms. The normalized spacial score (nSPS) is 14.8. The summed E-state index contributed by atoms with van der Waals surface area (Å²) in [6, 6.07) is 15.1. The van der Waals surface area contributed by atoms with Gasteiger partial charge >= 0.3 is 0 Å². The number of aromatic amines is 1. The Balaban J connectivity index is 2.07. The van der Waals surface area contributed by atoms with Crippen LogP contribution in [-0.4, -0.2) is 4.98 Å². The number of benzene rings is 2. The number of fused-ring (bicyclic) bond motifs is 3. The molecule has 2 aromatic carbocycles. The van der Waals surface area contributed by atoms with Crippen molar-refractivity contribution in [2.75, 3.05) is 0 Å². The summed E-state index contributed by atoms with van der Waals surface area (Å²) in [5, 5.41) is 2.55. The molecule has 1 heterocycles. The van der Waals surface area contributed by atoms with Gasteiger partial charge in [0.05, 0.1) is 0 Å². The van der Waals surface area contributed by atoms with E-state index in [9.17, 15) is 0 Å². The lowest BCUT2D eigenvalue weighted by atomic mass is 9.91. The molecule has 0 aliphatic rings. The Labute approximate surface area is 120 Å². The molecule has 0 spiro atoms. The highest BCUT2D eigenvalue weighted by atomic mass is 14.7. The Morgan fingerprint density at radius 2 is 1.80 bits per heavy atom. The first-order valence-corrected chi connectivity index (χ1v) is 7.46. The molecule has 3 aromatic rings. The predicted molar refractivity (Wildman–Crippen MR) is 86.8 cm³/mol. The van der Waals surface area contributed by atoms with Crippen molar-refractivity contribution < 1.29 is 0 Å². The monoisotopic (exact) mass is 266 g/mol. The largest absolute Gasteiger partial charge is 0.355 e. The first-order chi connectivity index (χ1) is 9.70. The lowest BCUT2D eigenvalue weighted by Crippen LogP contribution is -2.18. The summed E-state index contributed by atoms with van der Waals surface area (Å²) in [5.74, 6) is 0.516. The maximum absolute atomic E-state index is 6.42. The zero-order chi connectivity index (χ0) is 14.1. The number of nitrogens with one attached hydrogen (secondary N) is 1. The van der Waals surface area contributed by atoms with Crippen molar-refractivity contribution in [3.63, 3.8) is 0 Å². The minimum absolute atomic E-state index is 0.119. The number of nitrogens with two attached hydrogens (primary N) is 1. The van der Waals surface area contributed by atoms with E-state index in [2.05, 4.69) is 61.3 Å². The highest BCUT2D eigenvalue weighted by Gasteiger charge is 2.15. The third-order valence-electron chi connectivity index (χ3n) is 4.27. The highest BCUT2D eigenvalue weighted by molar-refractivity contribution is 6.07. The van der Waals surface area contributed by atoms with Gasteiger partial charge in [0.2, 0.25) is 0 Å². The topological polar surface area (TPSA) is 41.8 Å². The average molecular weight is 266 g/mol. The van der Waals surface area contributed by atoms with Crippen molar-refractivity contribution in [2.24, 2.45) is 11.7 Å². The van der Waals surface area contributed by atoms with Crippen molar-refractivity contribution in [3.8, 4) is 0 Å². The fourth-order valence-electron chi connectivity index (χ4n) is 3.04. The number of aromatic nitrogens is 1. The Morgan fingerprint density at radius 1 is 1.05 bits per heavy atom. The van der Waals surface area contributed by atoms with Gasteiger partial charge in [0.25, 0.3) is 0 Å². The quantitative estimate of drug-likeness (QED) is 0.702. The molecule has 0 amide bonds. The number of para-hydroxylation sites is 1. The zero-order valence-corrected chi connectivity index (χ0v) is 12.2. The molecule has 0 saturated carbocycles. The first-order valence-electron chi connectivity index (χ1n) is 7.46. The fourth-order valence-corrected chi connectivity index (χ4v) is 3.04. The van der Waals surface area contributed by atoms with Crippen molar-refractivity contribution in [1.29, 1.82) is 0 Å². The molecule has 3 rings (SSSR count). The van der Waals surface area contributed by atoms with Crippen LogP contribution < -0.4 is 5.73 Å². The summed E-state index contributed by atoms with van der Waals surface area (Å²) in [7, 11) is 0. The van der Waals surface area contributed by atoms with Crippen LogP contribution >= 0.6 is 0 Å². The fraction of sp³-hybridized carbons (Fsp3) is 0.333. The zero-order valence-electron chi connectivity index (χ0n) is 12.2. The van der Waals surface area contributed by atoms with Crippen LogP contribution in [0.1, 0.15) is 38.3 Å². The van der Waals surface area contributed by atoms with Gasteiger partial charge in [0.15, 0.2) is 0 Å². The minimum atomic E-state index is 0.119. The van der Waals surface area contributed by atoms with Crippen LogP contribution in [0, 0.1) is 5.92 Å². The number of H-pyrrole nitrogens is 1. The SMILES string of the molecule is CCCC(C)C(N)c1ccc2[nH]c3ccccc3c2c1. The molecule has 0 bridgehead atoms. The molecule has 2 unspecified atom stereocenters. The predicted octanol–water partition coefficient (Wildman–Crippen LogP) is 4.76. The van der Waals surface area contributed by atoms with E-state index in [4.69, 9.17) is 5.73 Å². The van der Waals surface area contributed by atoms with E-state index in [1.807, 2.05) is 0 Å². The Bertz CT molecular complexity index is 726. The summed E-state index contributed by atoms with van der Waals surface area (Å²) < 4.78 is 0. The highest BCUT2D eigenvalue weighted by Crippen LogP contribution is 2.30. The summed E-state index contributed by atoms with van der Waals surface area (Å²) in [6.07, 6.45) is 2.36. The van der Waals surface area contributed by atoms with Crippen LogP contribution in [0.3, 0.4) is 0 Å². The van der Waals surface area contributed by atoms with Gasteiger partial charge in [-0.3, -0.25) is 0 Å².